The van der Waals surface area contributed by atoms with E-state index < -0.39 is 11.5 Å². The van der Waals surface area contributed by atoms with Gasteiger partial charge in [0.25, 0.3) is 0 Å². The second kappa shape index (κ2) is 7.06. The van der Waals surface area contributed by atoms with Gasteiger partial charge in [-0.15, -0.1) is 6.42 Å². The number of Topliss-reactive ketones (excluding diaryl/α,β-unsaturated/α-hetero) is 1. The molecule has 1 heterocycles. The molecule has 3 rings (SSSR count). The summed E-state index contributed by atoms with van der Waals surface area (Å²) in [5.74, 6) is 3.47. The van der Waals surface area contributed by atoms with Crippen LogP contribution < -0.4 is 5.32 Å². The molecule has 26 heavy (non-hydrogen) atoms. The Hall–Kier alpha value is -2.43. The van der Waals surface area contributed by atoms with E-state index in [1.54, 1.807) is 12.1 Å². The van der Waals surface area contributed by atoms with E-state index in [-0.39, 0.29) is 17.8 Å². The van der Waals surface area contributed by atoms with Crippen LogP contribution in [0.2, 0.25) is 5.02 Å². The second-order valence-corrected chi connectivity index (χ2v) is 7.47. The third kappa shape index (κ3) is 3.18. The molecule has 1 aliphatic heterocycles. The van der Waals surface area contributed by atoms with E-state index in [1.165, 1.54) is 0 Å². The maximum atomic E-state index is 13.3. The molecule has 1 aliphatic carbocycles. The zero-order valence-corrected chi connectivity index (χ0v) is 15.6. The van der Waals surface area contributed by atoms with Crippen molar-refractivity contribution < 1.29 is 14.3 Å². The van der Waals surface area contributed by atoms with E-state index >= 15 is 0 Å². The molecule has 0 aromatic heterocycles. The Morgan fingerprint density at radius 3 is 2.65 bits per heavy atom. The van der Waals surface area contributed by atoms with Crippen molar-refractivity contribution in [2.75, 3.05) is 0 Å². The predicted octanol–water partition coefficient (Wildman–Crippen LogP) is 3.03. The van der Waals surface area contributed by atoms with Crippen LogP contribution in [0.25, 0.3) is 0 Å². The minimum Gasteiger partial charge on any atom is -0.443 e. The number of ether oxygens (including phenoxy) is 1. The summed E-state index contributed by atoms with van der Waals surface area (Å²) >= 11 is 6.09. The molecule has 0 bridgehead atoms. The first-order valence-corrected chi connectivity index (χ1v) is 9.00. The van der Waals surface area contributed by atoms with Crippen LogP contribution in [0.5, 0.6) is 0 Å². The lowest BCUT2D eigenvalue weighted by molar-refractivity contribution is -0.126. The molecule has 1 N–H and O–H groups in total. The van der Waals surface area contributed by atoms with E-state index in [0.29, 0.717) is 17.9 Å². The number of carbonyl (C=O) groups is 2. The SMILES string of the molecule is C#CC#COC1CCCC2(C1)NC(=O)C(c1c(C)cc(Cl)cc1C)C2=O. The van der Waals surface area contributed by atoms with Crippen molar-refractivity contribution in [2.45, 2.75) is 57.1 Å². The highest BCUT2D eigenvalue weighted by Crippen LogP contribution is 2.41. The van der Waals surface area contributed by atoms with Crippen LogP contribution in [0.1, 0.15) is 48.3 Å². The van der Waals surface area contributed by atoms with Crippen molar-refractivity contribution in [3.05, 3.63) is 33.8 Å². The Bertz CT molecular complexity index is 850. The Labute approximate surface area is 158 Å². The van der Waals surface area contributed by atoms with Crippen LogP contribution in [-0.4, -0.2) is 23.3 Å². The van der Waals surface area contributed by atoms with Gasteiger partial charge in [0, 0.05) is 17.4 Å². The average Bonchev–Trinajstić information content (AvgIpc) is 2.79. The molecule has 2 aliphatic rings. The summed E-state index contributed by atoms with van der Waals surface area (Å²) in [4.78, 5) is 26.1. The van der Waals surface area contributed by atoms with Crippen LogP contribution in [0.3, 0.4) is 0 Å². The van der Waals surface area contributed by atoms with Crippen LogP contribution >= 0.6 is 11.6 Å². The van der Waals surface area contributed by atoms with Crippen LogP contribution in [0.15, 0.2) is 12.1 Å². The van der Waals surface area contributed by atoms with E-state index in [4.69, 9.17) is 22.8 Å². The predicted molar refractivity (Wildman–Crippen MR) is 99.5 cm³/mol. The van der Waals surface area contributed by atoms with Gasteiger partial charge >= 0.3 is 0 Å². The quantitative estimate of drug-likeness (QED) is 0.644. The summed E-state index contributed by atoms with van der Waals surface area (Å²) in [5, 5.41) is 3.57. The van der Waals surface area contributed by atoms with Gasteiger partial charge in [-0.3, -0.25) is 9.59 Å². The molecular formula is C21H20ClNO3. The summed E-state index contributed by atoms with van der Waals surface area (Å²) in [5.41, 5.74) is 1.57. The third-order valence-electron chi connectivity index (χ3n) is 5.26. The first-order valence-electron chi connectivity index (χ1n) is 8.62. The summed E-state index contributed by atoms with van der Waals surface area (Å²) in [7, 11) is 0. The fraction of sp³-hybridized carbons (Fsp3) is 0.429. The molecule has 134 valence electrons. The molecule has 1 saturated carbocycles. The van der Waals surface area contributed by atoms with Crippen molar-refractivity contribution >= 4 is 23.3 Å². The number of ketones is 1. The highest BCUT2D eigenvalue weighted by Gasteiger charge is 2.55. The Balaban J connectivity index is 1.91. The van der Waals surface area contributed by atoms with Crippen molar-refractivity contribution in [1.82, 2.24) is 5.32 Å². The van der Waals surface area contributed by atoms with Gasteiger partial charge < -0.3 is 10.1 Å². The van der Waals surface area contributed by atoms with Crippen molar-refractivity contribution in [1.29, 1.82) is 0 Å². The van der Waals surface area contributed by atoms with Gasteiger partial charge in [0.15, 0.2) is 5.78 Å². The summed E-state index contributed by atoms with van der Waals surface area (Å²) in [6, 6.07) is 3.58. The van der Waals surface area contributed by atoms with Gasteiger partial charge in [0.1, 0.15) is 23.7 Å². The molecule has 0 radical (unpaired) electrons. The molecule has 5 heteroatoms. The lowest BCUT2D eigenvalue weighted by Crippen LogP contribution is -2.51. The van der Waals surface area contributed by atoms with E-state index in [9.17, 15) is 9.59 Å². The highest BCUT2D eigenvalue weighted by molar-refractivity contribution is 6.30. The number of aryl methyl sites for hydroxylation is 2. The molecular weight excluding hydrogens is 350 g/mol. The summed E-state index contributed by atoms with van der Waals surface area (Å²) in [6.07, 6.45) is 9.95. The molecule has 3 atom stereocenters. The van der Waals surface area contributed by atoms with Gasteiger partial charge in [0.2, 0.25) is 5.91 Å². The maximum Gasteiger partial charge on any atom is 0.235 e. The van der Waals surface area contributed by atoms with Crippen molar-refractivity contribution in [3.63, 3.8) is 0 Å². The first-order chi connectivity index (χ1) is 12.4. The number of nitrogens with one attached hydrogen (secondary N) is 1. The van der Waals surface area contributed by atoms with Gasteiger partial charge in [-0.25, -0.2) is 0 Å². The molecule has 1 spiro atoms. The highest BCUT2D eigenvalue weighted by atomic mass is 35.5. The number of hydrogen-bond acceptors (Lipinski definition) is 3. The molecule has 3 unspecified atom stereocenters. The third-order valence-corrected chi connectivity index (χ3v) is 5.48. The average molecular weight is 370 g/mol. The monoisotopic (exact) mass is 369 g/mol. The first kappa shape index (κ1) is 18.4. The fourth-order valence-electron chi connectivity index (χ4n) is 4.21. The number of terminal acetylenes is 1. The molecule has 4 nitrogen and oxygen atoms in total. The molecule has 1 amide bonds. The zero-order chi connectivity index (χ0) is 18.9. The topological polar surface area (TPSA) is 55.4 Å². The smallest absolute Gasteiger partial charge is 0.235 e. The summed E-state index contributed by atoms with van der Waals surface area (Å²) < 4.78 is 5.47. The number of amides is 1. The standard InChI is InChI=1S/C21H20ClNO3/c1-4-5-9-26-16-7-6-8-21(12-16)19(24)18(20(25)23-21)17-13(2)10-15(22)11-14(17)3/h1,10-11,16,18H,6-8,12H2,2-3H3,(H,23,25). The van der Waals surface area contributed by atoms with E-state index in [2.05, 4.69) is 23.3 Å². The number of rotatable bonds is 2. The lowest BCUT2D eigenvalue weighted by Gasteiger charge is -2.35. The second-order valence-electron chi connectivity index (χ2n) is 7.03. The van der Waals surface area contributed by atoms with Crippen molar-refractivity contribution in [3.8, 4) is 24.4 Å². The summed E-state index contributed by atoms with van der Waals surface area (Å²) in [6.45, 7) is 3.75. The Morgan fingerprint density at radius 2 is 2.00 bits per heavy atom. The zero-order valence-electron chi connectivity index (χ0n) is 14.8. The van der Waals surface area contributed by atoms with Gasteiger partial charge in [-0.1, -0.05) is 11.6 Å². The largest absolute Gasteiger partial charge is 0.443 e. The maximum absolute atomic E-state index is 13.3. The molecule has 1 saturated heterocycles. The minimum atomic E-state index is -0.888. The van der Waals surface area contributed by atoms with E-state index in [1.807, 2.05) is 13.8 Å². The fourth-order valence-corrected chi connectivity index (χ4v) is 4.54. The molecule has 1 aromatic carbocycles. The van der Waals surface area contributed by atoms with Crippen LogP contribution in [0.4, 0.5) is 0 Å². The number of benzene rings is 1. The Kier molecular flexibility index (Phi) is 4.99. The van der Waals surface area contributed by atoms with Crippen molar-refractivity contribution in [2.24, 2.45) is 0 Å². The number of hydrogen-bond donors (Lipinski definition) is 1. The lowest BCUT2D eigenvalue weighted by atomic mass is 9.75. The van der Waals surface area contributed by atoms with Gasteiger partial charge in [0.05, 0.1) is 0 Å². The van der Waals surface area contributed by atoms with Gasteiger partial charge in [-0.2, -0.15) is 0 Å². The number of carbonyl (C=O) groups excluding carboxylic acids is 2. The van der Waals surface area contributed by atoms with Crippen LogP contribution in [0, 0.1) is 38.2 Å². The van der Waals surface area contributed by atoms with Crippen LogP contribution in [-0.2, 0) is 14.3 Å². The normalized spacial score (nSPS) is 27.5. The number of halogens is 1. The minimum absolute atomic E-state index is 0.0887. The van der Waals surface area contributed by atoms with E-state index in [0.717, 1.165) is 29.5 Å². The Morgan fingerprint density at radius 1 is 1.31 bits per heavy atom. The van der Waals surface area contributed by atoms with Gasteiger partial charge in [-0.05, 0) is 67.9 Å². The molecule has 1 aromatic rings. The molecule has 2 fully saturated rings.